The van der Waals surface area contributed by atoms with E-state index in [1.807, 2.05) is 31.2 Å². The summed E-state index contributed by atoms with van der Waals surface area (Å²) in [5.74, 6) is 1.28. The molecule has 1 saturated heterocycles. The average molecular weight is 465 g/mol. The Kier molecular flexibility index (Phi) is 7.01. The van der Waals surface area contributed by atoms with E-state index in [9.17, 15) is 14.4 Å². The van der Waals surface area contributed by atoms with Crippen LogP contribution in [0.25, 0.3) is 5.69 Å². The number of piperazine rings is 1. The molecule has 0 atom stereocenters. The Labute approximate surface area is 197 Å². The van der Waals surface area contributed by atoms with Gasteiger partial charge in [-0.25, -0.2) is 0 Å². The molecular formula is C25H28N4O5. The molecule has 9 heteroatoms. The number of ether oxygens (including phenoxy) is 2. The first-order chi connectivity index (χ1) is 16.5. The molecule has 0 radical (unpaired) electrons. The Morgan fingerprint density at radius 2 is 1.62 bits per heavy atom. The number of nitrogens with zero attached hydrogens (tertiary/aromatic N) is 4. The predicted molar refractivity (Wildman–Crippen MR) is 129 cm³/mol. The summed E-state index contributed by atoms with van der Waals surface area (Å²) in [5.41, 5.74) is 0.0977. The van der Waals surface area contributed by atoms with E-state index in [4.69, 9.17) is 9.47 Å². The topological polar surface area (TPSA) is 86.0 Å². The highest BCUT2D eigenvalue weighted by Gasteiger charge is 2.23. The first kappa shape index (κ1) is 23.2. The quantitative estimate of drug-likeness (QED) is 0.496. The second-order valence-electron chi connectivity index (χ2n) is 7.87. The molecule has 2 aromatic carbocycles. The van der Waals surface area contributed by atoms with Crippen LogP contribution < -0.4 is 25.5 Å². The van der Waals surface area contributed by atoms with Gasteiger partial charge in [-0.1, -0.05) is 12.1 Å². The van der Waals surface area contributed by atoms with Gasteiger partial charge in [-0.2, -0.15) is 0 Å². The molecule has 1 aliphatic heterocycles. The molecule has 0 saturated carbocycles. The normalized spacial score (nSPS) is 13.6. The third kappa shape index (κ3) is 4.83. The molecule has 2 heterocycles. The smallest absolute Gasteiger partial charge is 0.320 e. The first-order valence-corrected chi connectivity index (χ1v) is 11.2. The highest BCUT2D eigenvalue weighted by atomic mass is 16.5. The zero-order valence-electron chi connectivity index (χ0n) is 19.3. The summed E-state index contributed by atoms with van der Waals surface area (Å²) >= 11 is 0. The molecule has 0 N–H and O–H groups in total. The third-order valence-corrected chi connectivity index (χ3v) is 5.85. The number of amides is 1. The van der Waals surface area contributed by atoms with E-state index in [1.165, 1.54) is 21.5 Å². The predicted octanol–water partition coefficient (Wildman–Crippen LogP) is 1.76. The molecule has 178 valence electrons. The summed E-state index contributed by atoms with van der Waals surface area (Å²) in [7, 11) is 1.64. The van der Waals surface area contributed by atoms with Crippen LogP contribution >= 0.6 is 0 Å². The lowest BCUT2D eigenvalue weighted by molar-refractivity contribution is -0.132. The number of carbonyl (C=O) groups is 1. The lowest BCUT2D eigenvalue weighted by atomic mass is 10.2. The minimum atomic E-state index is -0.739. The van der Waals surface area contributed by atoms with Crippen LogP contribution in [0.1, 0.15) is 6.92 Å². The van der Waals surface area contributed by atoms with Crippen molar-refractivity contribution in [2.75, 3.05) is 44.8 Å². The molecular weight excluding hydrogens is 436 g/mol. The van der Waals surface area contributed by atoms with Crippen LogP contribution in [0.3, 0.4) is 0 Å². The Balaban J connectivity index is 1.42. The highest BCUT2D eigenvalue weighted by Crippen LogP contribution is 2.28. The van der Waals surface area contributed by atoms with E-state index in [-0.39, 0.29) is 12.5 Å². The standard InChI is InChI=1S/C25H28N4O5/c1-3-34-20-10-8-19(9-11-20)29-17-16-28(24(31)25(29)32)18-23(30)27-14-12-26(13-15-27)21-6-4-5-7-22(21)33-2/h4-11,16-17H,3,12-15,18H2,1-2H3. The summed E-state index contributed by atoms with van der Waals surface area (Å²) in [6, 6.07) is 14.7. The number of rotatable bonds is 7. The minimum absolute atomic E-state index is 0.174. The van der Waals surface area contributed by atoms with Crippen molar-refractivity contribution in [2.45, 2.75) is 13.5 Å². The van der Waals surface area contributed by atoms with E-state index < -0.39 is 11.1 Å². The van der Waals surface area contributed by atoms with Gasteiger partial charge < -0.3 is 19.3 Å². The van der Waals surface area contributed by atoms with Crippen molar-refractivity contribution >= 4 is 11.6 Å². The van der Waals surface area contributed by atoms with Crippen molar-refractivity contribution in [1.82, 2.24) is 14.0 Å². The van der Waals surface area contributed by atoms with Crippen LogP contribution in [0.15, 0.2) is 70.5 Å². The van der Waals surface area contributed by atoms with Crippen molar-refractivity contribution in [3.8, 4) is 17.2 Å². The number of aromatic nitrogens is 2. The zero-order valence-corrected chi connectivity index (χ0v) is 19.3. The highest BCUT2D eigenvalue weighted by molar-refractivity contribution is 5.76. The lowest BCUT2D eigenvalue weighted by Gasteiger charge is -2.36. The van der Waals surface area contributed by atoms with Crippen molar-refractivity contribution in [3.63, 3.8) is 0 Å². The van der Waals surface area contributed by atoms with Gasteiger partial charge in [0.1, 0.15) is 18.0 Å². The fraction of sp³-hybridized carbons (Fsp3) is 0.320. The van der Waals surface area contributed by atoms with Crippen molar-refractivity contribution in [3.05, 3.63) is 81.6 Å². The van der Waals surface area contributed by atoms with E-state index >= 15 is 0 Å². The van der Waals surface area contributed by atoms with Gasteiger partial charge in [0.05, 0.1) is 19.4 Å². The number of methoxy groups -OCH3 is 1. The summed E-state index contributed by atoms with van der Waals surface area (Å²) in [4.78, 5) is 42.1. The van der Waals surface area contributed by atoms with Gasteiger partial charge in [-0.3, -0.25) is 23.5 Å². The SMILES string of the molecule is CCOc1ccc(-n2ccn(CC(=O)N3CCN(c4ccccc4OC)CC3)c(=O)c2=O)cc1. The number of anilines is 1. The average Bonchev–Trinajstić information content (AvgIpc) is 2.88. The van der Waals surface area contributed by atoms with E-state index in [2.05, 4.69) is 4.90 Å². The zero-order chi connectivity index (χ0) is 24.1. The molecule has 0 bridgehead atoms. The largest absolute Gasteiger partial charge is 0.495 e. The third-order valence-electron chi connectivity index (χ3n) is 5.85. The second-order valence-corrected chi connectivity index (χ2v) is 7.87. The fourth-order valence-corrected chi connectivity index (χ4v) is 4.04. The minimum Gasteiger partial charge on any atom is -0.495 e. The van der Waals surface area contributed by atoms with Crippen LogP contribution in [-0.4, -0.2) is 59.8 Å². The second kappa shape index (κ2) is 10.3. The number of benzene rings is 2. The molecule has 1 fully saturated rings. The Hall–Kier alpha value is -4.01. The van der Waals surface area contributed by atoms with Crippen LogP contribution in [0.4, 0.5) is 5.69 Å². The van der Waals surface area contributed by atoms with Crippen molar-refractivity contribution < 1.29 is 14.3 Å². The summed E-state index contributed by atoms with van der Waals surface area (Å²) in [6.45, 7) is 4.61. The van der Waals surface area contributed by atoms with E-state index in [1.54, 1.807) is 36.3 Å². The Morgan fingerprint density at radius 1 is 0.912 bits per heavy atom. The van der Waals surface area contributed by atoms with Crippen LogP contribution in [0, 0.1) is 0 Å². The van der Waals surface area contributed by atoms with Gasteiger partial charge in [0.15, 0.2) is 0 Å². The molecule has 1 amide bonds. The number of hydrogen-bond donors (Lipinski definition) is 0. The molecule has 9 nitrogen and oxygen atoms in total. The van der Waals surface area contributed by atoms with Gasteiger partial charge in [-0.05, 0) is 43.3 Å². The summed E-state index contributed by atoms with van der Waals surface area (Å²) in [6.07, 6.45) is 2.98. The number of carbonyl (C=O) groups excluding carboxylic acids is 1. The van der Waals surface area contributed by atoms with Crippen LogP contribution in [-0.2, 0) is 11.3 Å². The molecule has 3 aromatic rings. The summed E-state index contributed by atoms with van der Waals surface area (Å²) in [5, 5.41) is 0. The molecule has 1 aliphatic rings. The molecule has 1 aromatic heterocycles. The van der Waals surface area contributed by atoms with Crippen molar-refractivity contribution in [1.29, 1.82) is 0 Å². The lowest BCUT2D eigenvalue weighted by Crippen LogP contribution is -2.51. The summed E-state index contributed by atoms with van der Waals surface area (Å²) < 4.78 is 13.3. The first-order valence-electron chi connectivity index (χ1n) is 11.2. The molecule has 0 aliphatic carbocycles. The molecule has 0 unspecified atom stereocenters. The maximum absolute atomic E-state index is 12.9. The van der Waals surface area contributed by atoms with E-state index in [0.29, 0.717) is 44.2 Å². The molecule has 4 rings (SSSR count). The Bertz CT molecular complexity index is 1260. The fourth-order valence-electron chi connectivity index (χ4n) is 4.04. The van der Waals surface area contributed by atoms with Crippen LogP contribution in [0.5, 0.6) is 11.5 Å². The van der Waals surface area contributed by atoms with E-state index in [0.717, 1.165) is 11.4 Å². The van der Waals surface area contributed by atoms with Gasteiger partial charge >= 0.3 is 11.1 Å². The van der Waals surface area contributed by atoms with Gasteiger partial charge in [0.25, 0.3) is 0 Å². The molecule has 0 spiro atoms. The van der Waals surface area contributed by atoms with Gasteiger partial charge in [0, 0.05) is 44.3 Å². The number of hydrogen-bond acceptors (Lipinski definition) is 6. The van der Waals surface area contributed by atoms with Crippen LogP contribution in [0.2, 0.25) is 0 Å². The number of para-hydroxylation sites is 2. The monoisotopic (exact) mass is 464 g/mol. The molecule has 34 heavy (non-hydrogen) atoms. The van der Waals surface area contributed by atoms with Gasteiger partial charge in [-0.15, -0.1) is 0 Å². The Morgan fingerprint density at radius 3 is 2.29 bits per heavy atom. The van der Waals surface area contributed by atoms with Gasteiger partial charge in [0.2, 0.25) is 5.91 Å². The maximum Gasteiger partial charge on any atom is 0.320 e. The van der Waals surface area contributed by atoms with Crippen molar-refractivity contribution in [2.24, 2.45) is 0 Å². The maximum atomic E-state index is 12.9.